The molecule has 0 fully saturated rings. The summed E-state index contributed by atoms with van der Waals surface area (Å²) in [5.74, 6) is -0.122. The van der Waals surface area contributed by atoms with Gasteiger partial charge in [-0.15, -0.1) is 0 Å². The largest absolute Gasteiger partial charge is 0.393 e. The predicted molar refractivity (Wildman–Crippen MR) is 83.5 cm³/mol. The first kappa shape index (κ1) is 19.9. The van der Waals surface area contributed by atoms with E-state index in [1.54, 1.807) is 0 Å². The summed E-state index contributed by atoms with van der Waals surface area (Å²) < 4.78 is 29.6. The Morgan fingerprint density at radius 1 is 0.800 bits per heavy atom. The van der Waals surface area contributed by atoms with E-state index in [2.05, 4.69) is 6.92 Å². The van der Waals surface area contributed by atoms with E-state index in [-0.39, 0.29) is 11.9 Å². The molecule has 0 bridgehead atoms. The van der Waals surface area contributed by atoms with Crippen molar-refractivity contribution in [1.29, 1.82) is 0 Å². The molecule has 0 aromatic heterocycles. The average molecular weight is 308 g/mol. The summed E-state index contributed by atoms with van der Waals surface area (Å²) in [6.45, 7) is 2.19. The summed E-state index contributed by atoms with van der Waals surface area (Å²) in [4.78, 5) is 0. The third-order valence-corrected chi connectivity index (χ3v) is 4.39. The molecule has 0 saturated carbocycles. The Hall–Kier alpha value is -0.130. The van der Waals surface area contributed by atoms with Gasteiger partial charge in [0, 0.05) is 0 Å². The van der Waals surface area contributed by atoms with Crippen LogP contribution in [0, 0.1) is 0 Å². The maximum Gasteiger partial charge on any atom is 0.264 e. The number of aliphatic hydroxyl groups excluding tert-OH is 1. The third kappa shape index (κ3) is 15.9. The molecule has 122 valence electrons. The molecule has 5 heteroatoms. The molecule has 0 aliphatic carbocycles. The lowest BCUT2D eigenvalue weighted by molar-refractivity contribution is 0.147. The standard InChI is InChI=1S/C15H32O4S/c1-2-3-4-9-12-15(16)13-10-7-5-6-8-11-14-20(17,18)19/h15-16H,2-14H2,1H3,(H,17,18,19). The SMILES string of the molecule is CCCCCCC(O)CCCCCCCCS(=O)(=O)O. The summed E-state index contributed by atoms with van der Waals surface area (Å²) >= 11 is 0. The molecule has 20 heavy (non-hydrogen) atoms. The quantitative estimate of drug-likeness (QED) is 0.376. The first-order valence-corrected chi connectivity index (χ1v) is 9.70. The van der Waals surface area contributed by atoms with Crippen molar-refractivity contribution in [2.45, 2.75) is 90.1 Å². The minimum atomic E-state index is -3.78. The molecule has 0 aromatic carbocycles. The van der Waals surface area contributed by atoms with E-state index in [4.69, 9.17) is 4.55 Å². The van der Waals surface area contributed by atoms with E-state index in [0.29, 0.717) is 6.42 Å². The maximum absolute atomic E-state index is 10.5. The highest BCUT2D eigenvalue weighted by Gasteiger charge is 2.04. The van der Waals surface area contributed by atoms with Crippen LogP contribution in [0.25, 0.3) is 0 Å². The minimum Gasteiger partial charge on any atom is -0.393 e. The number of aliphatic hydroxyl groups is 1. The summed E-state index contributed by atoms with van der Waals surface area (Å²) in [6, 6.07) is 0. The van der Waals surface area contributed by atoms with Gasteiger partial charge < -0.3 is 5.11 Å². The van der Waals surface area contributed by atoms with Gasteiger partial charge in [0.2, 0.25) is 0 Å². The highest BCUT2D eigenvalue weighted by Crippen LogP contribution is 2.13. The second kappa shape index (κ2) is 12.6. The second-order valence-electron chi connectivity index (χ2n) is 5.70. The average Bonchev–Trinajstić information content (AvgIpc) is 2.36. The zero-order chi connectivity index (χ0) is 15.3. The van der Waals surface area contributed by atoms with E-state index >= 15 is 0 Å². The Morgan fingerprint density at radius 2 is 1.25 bits per heavy atom. The van der Waals surface area contributed by atoms with Crippen molar-refractivity contribution >= 4 is 10.1 Å². The van der Waals surface area contributed by atoms with Gasteiger partial charge in [-0.2, -0.15) is 8.42 Å². The fourth-order valence-electron chi connectivity index (χ4n) is 2.32. The highest BCUT2D eigenvalue weighted by atomic mass is 32.2. The summed E-state index contributed by atoms with van der Waals surface area (Å²) in [5, 5.41) is 9.78. The van der Waals surface area contributed by atoms with Crippen LogP contribution >= 0.6 is 0 Å². The Bertz CT molecular complexity index is 301. The van der Waals surface area contributed by atoms with Crippen LogP contribution in [-0.4, -0.2) is 29.9 Å². The molecule has 0 amide bonds. The third-order valence-electron chi connectivity index (χ3n) is 3.58. The van der Waals surface area contributed by atoms with Crippen LogP contribution < -0.4 is 0 Å². The number of unbranched alkanes of at least 4 members (excludes halogenated alkanes) is 8. The topological polar surface area (TPSA) is 74.6 Å². The van der Waals surface area contributed by atoms with Crippen molar-refractivity contribution in [1.82, 2.24) is 0 Å². The summed E-state index contributed by atoms with van der Waals surface area (Å²) in [7, 11) is -3.78. The predicted octanol–water partition coefficient (Wildman–Crippen LogP) is 3.94. The van der Waals surface area contributed by atoms with Crippen molar-refractivity contribution in [3.05, 3.63) is 0 Å². The minimum absolute atomic E-state index is 0.122. The van der Waals surface area contributed by atoms with E-state index in [1.165, 1.54) is 19.3 Å². The van der Waals surface area contributed by atoms with Gasteiger partial charge >= 0.3 is 0 Å². The Balaban J connectivity index is 3.23. The fraction of sp³-hybridized carbons (Fsp3) is 1.00. The van der Waals surface area contributed by atoms with Crippen molar-refractivity contribution in [2.75, 3.05) is 5.75 Å². The van der Waals surface area contributed by atoms with E-state index < -0.39 is 10.1 Å². The van der Waals surface area contributed by atoms with Crippen LogP contribution in [0.4, 0.5) is 0 Å². The molecule has 2 N–H and O–H groups in total. The summed E-state index contributed by atoms with van der Waals surface area (Å²) in [5.41, 5.74) is 0. The number of hydrogen-bond acceptors (Lipinski definition) is 3. The molecule has 0 radical (unpaired) electrons. The van der Waals surface area contributed by atoms with Crippen LogP contribution in [0.1, 0.15) is 84.0 Å². The molecular weight excluding hydrogens is 276 g/mol. The van der Waals surface area contributed by atoms with Gasteiger partial charge in [0.05, 0.1) is 11.9 Å². The smallest absolute Gasteiger partial charge is 0.264 e. The molecule has 0 aromatic rings. The van der Waals surface area contributed by atoms with E-state index in [0.717, 1.165) is 51.4 Å². The van der Waals surface area contributed by atoms with Crippen molar-refractivity contribution in [2.24, 2.45) is 0 Å². The van der Waals surface area contributed by atoms with Crippen molar-refractivity contribution in [3.63, 3.8) is 0 Å². The zero-order valence-electron chi connectivity index (χ0n) is 12.9. The van der Waals surface area contributed by atoms with Crippen LogP contribution in [0.2, 0.25) is 0 Å². The van der Waals surface area contributed by atoms with Crippen LogP contribution in [-0.2, 0) is 10.1 Å². The van der Waals surface area contributed by atoms with Crippen molar-refractivity contribution < 1.29 is 18.1 Å². The van der Waals surface area contributed by atoms with Gasteiger partial charge in [-0.1, -0.05) is 64.7 Å². The molecule has 0 rings (SSSR count). The Kier molecular flexibility index (Phi) is 12.5. The van der Waals surface area contributed by atoms with Gasteiger partial charge in [0.1, 0.15) is 0 Å². The van der Waals surface area contributed by atoms with Crippen molar-refractivity contribution in [3.8, 4) is 0 Å². The molecule has 4 nitrogen and oxygen atoms in total. The molecule has 0 saturated heterocycles. The monoisotopic (exact) mass is 308 g/mol. The maximum atomic E-state index is 10.5. The Labute approximate surface area is 124 Å². The lowest BCUT2D eigenvalue weighted by Crippen LogP contribution is -2.06. The first-order chi connectivity index (χ1) is 9.45. The Morgan fingerprint density at radius 3 is 1.75 bits per heavy atom. The van der Waals surface area contributed by atoms with Gasteiger partial charge in [-0.05, 0) is 19.3 Å². The molecule has 0 aliphatic heterocycles. The summed E-state index contributed by atoms with van der Waals surface area (Å²) in [6.07, 6.45) is 12.1. The normalized spacial score (nSPS) is 13.6. The molecule has 0 aliphatic rings. The van der Waals surface area contributed by atoms with Gasteiger partial charge in [-0.3, -0.25) is 4.55 Å². The van der Waals surface area contributed by atoms with Gasteiger partial charge in [0.25, 0.3) is 10.1 Å². The second-order valence-corrected chi connectivity index (χ2v) is 7.27. The lowest BCUT2D eigenvalue weighted by Gasteiger charge is -2.10. The molecule has 1 atom stereocenters. The number of rotatable bonds is 14. The van der Waals surface area contributed by atoms with Gasteiger partial charge in [-0.25, -0.2) is 0 Å². The fourth-order valence-corrected chi connectivity index (χ4v) is 2.89. The molecule has 1 unspecified atom stereocenters. The lowest BCUT2D eigenvalue weighted by atomic mass is 10.0. The van der Waals surface area contributed by atoms with Crippen LogP contribution in [0.5, 0.6) is 0 Å². The molecule has 0 heterocycles. The van der Waals surface area contributed by atoms with E-state index in [1.807, 2.05) is 0 Å². The molecular formula is C15H32O4S. The van der Waals surface area contributed by atoms with Crippen LogP contribution in [0.15, 0.2) is 0 Å². The first-order valence-electron chi connectivity index (χ1n) is 8.09. The van der Waals surface area contributed by atoms with Gasteiger partial charge in [0.15, 0.2) is 0 Å². The zero-order valence-corrected chi connectivity index (χ0v) is 13.7. The van der Waals surface area contributed by atoms with E-state index in [9.17, 15) is 13.5 Å². The number of hydrogen-bond donors (Lipinski definition) is 2. The highest BCUT2D eigenvalue weighted by molar-refractivity contribution is 7.85. The van der Waals surface area contributed by atoms with Crippen LogP contribution in [0.3, 0.4) is 0 Å². The molecule has 0 spiro atoms.